The summed E-state index contributed by atoms with van der Waals surface area (Å²) in [5.74, 6) is 0.396. The number of aromatic nitrogens is 2. The van der Waals surface area contributed by atoms with Crippen molar-refractivity contribution in [1.29, 1.82) is 5.41 Å². The highest BCUT2D eigenvalue weighted by molar-refractivity contribution is 5.60. The number of nitrogens with one attached hydrogen (secondary N) is 2. The van der Waals surface area contributed by atoms with Crippen molar-refractivity contribution in [2.45, 2.75) is 13.0 Å². The zero-order valence-corrected chi connectivity index (χ0v) is 9.78. The van der Waals surface area contributed by atoms with Crippen LogP contribution in [0.1, 0.15) is 6.42 Å². The van der Waals surface area contributed by atoms with E-state index < -0.39 is 0 Å². The lowest BCUT2D eigenvalue weighted by Crippen LogP contribution is -2.30. The van der Waals surface area contributed by atoms with Gasteiger partial charge in [0, 0.05) is 24.7 Å². The van der Waals surface area contributed by atoms with E-state index in [-0.39, 0.29) is 5.82 Å². The van der Waals surface area contributed by atoms with Crippen LogP contribution >= 0.6 is 0 Å². The molecule has 0 saturated heterocycles. The third kappa shape index (κ3) is 1.88. The van der Waals surface area contributed by atoms with Gasteiger partial charge in [-0.25, -0.2) is 9.37 Å². The van der Waals surface area contributed by atoms with Crippen molar-refractivity contribution in [3.05, 3.63) is 41.6 Å². The first-order valence-electron chi connectivity index (χ1n) is 5.90. The number of nitrogens with zero attached hydrogens (tertiary/aromatic N) is 2. The Morgan fingerprint density at radius 1 is 1.33 bits per heavy atom. The third-order valence-electron chi connectivity index (χ3n) is 3.01. The summed E-state index contributed by atoms with van der Waals surface area (Å²) < 4.78 is 15.0. The standard InChI is InChI=1S/C13H13FN4/c14-10-4-1-3-9(7-10)11-8-12(15)18-6-2-5-16-13(18)17-11/h1,3-4,7-8,15H,2,5-6H2,(H,16,17). The summed E-state index contributed by atoms with van der Waals surface area (Å²) in [4.78, 5) is 4.45. The van der Waals surface area contributed by atoms with Gasteiger partial charge >= 0.3 is 0 Å². The molecule has 0 atom stereocenters. The molecule has 1 aromatic carbocycles. The van der Waals surface area contributed by atoms with Crippen LogP contribution in [0.25, 0.3) is 11.3 Å². The second kappa shape index (κ2) is 4.25. The number of halogens is 1. The molecule has 0 radical (unpaired) electrons. The van der Waals surface area contributed by atoms with Crippen LogP contribution in [0, 0.1) is 11.2 Å². The van der Waals surface area contributed by atoms with Gasteiger partial charge < -0.3 is 5.32 Å². The van der Waals surface area contributed by atoms with E-state index in [0.29, 0.717) is 22.7 Å². The molecule has 1 aliphatic heterocycles. The molecule has 2 heterocycles. The molecule has 0 amide bonds. The maximum atomic E-state index is 13.2. The fourth-order valence-corrected chi connectivity index (χ4v) is 2.12. The van der Waals surface area contributed by atoms with Crippen molar-refractivity contribution in [1.82, 2.24) is 9.55 Å². The molecule has 18 heavy (non-hydrogen) atoms. The van der Waals surface area contributed by atoms with Gasteiger partial charge in [-0.15, -0.1) is 0 Å². The Bertz CT molecular complexity index is 648. The van der Waals surface area contributed by atoms with Gasteiger partial charge in [0.25, 0.3) is 0 Å². The Kier molecular flexibility index (Phi) is 2.59. The molecule has 1 aliphatic rings. The molecule has 1 aromatic heterocycles. The topological polar surface area (TPSA) is 53.7 Å². The maximum absolute atomic E-state index is 13.2. The van der Waals surface area contributed by atoms with Gasteiger partial charge in [0.2, 0.25) is 5.95 Å². The van der Waals surface area contributed by atoms with Crippen LogP contribution in [0.2, 0.25) is 0 Å². The molecule has 92 valence electrons. The number of rotatable bonds is 1. The van der Waals surface area contributed by atoms with E-state index in [1.807, 2.05) is 4.57 Å². The number of hydrogen-bond donors (Lipinski definition) is 2. The Morgan fingerprint density at radius 2 is 2.22 bits per heavy atom. The fourth-order valence-electron chi connectivity index (χ4n) is 2.12. The summed E-state index contributed by atoms with van der Waals surface area (Å²) in [6.07, 6.45) is 0.991. The van der Waals surface area contributed by atoms with E-state index in [2.05, 4.69) is 10.3 Å². The van der Waals surface area contributed by atoms with Gasteiger partial charge in [0.05, 0.1) is 5.69 Å². The molecule has 0 fully saturated rings. The second-order valence-electron chi connectivity index (χ2n) is 4.29. The first-order valence-corrected chi connectivity index (χ1v) is 5.90. The molecule has 0 spiro atoms. The molecule has 5 heteroatoms. The number of hydrogen-bond acceptors (Lipinski definition) is 3. The van der Waals surface area contributed by atoms with E-state index in [0.717, 1.165) is 19.5 Å². The van der Waals surface area contributed by atoms with Gasteiger partial charge in [-0.1, -0.05) is 12.1 Å². The Hall–Kier alpha value is -2.17. The Balaban J connectivity index is 2.14. The minimum Gasteiger partial charge on any atom is -0.356 e. The van der Waals surface area contributed by atoms with E-state index in [4.69, 9.17) is 5.41 Å². The van der Waals surface area contributed by atoms with Crippen LogP contribution in [0.15, 0.2) is 30.3 Å². The van der Waals surface area contributed by atoms with Crippen LogP contribution < -0.4 is 10.8 Å². The number of fused-ring (bicyclic) bond motifs is 1. The van der Waals surface area contributed by atoms with Crippen LogP contribution in [0.5, 0.6) is 0 Å². The third-order valence-corrected chi connectivity index (χ3v) is 3.01. The molecular weight excluding hydrogens is 231 g/mol. The summed E-state index contributed by atoms with van der Waals surface area (Å²) in [6.45, 7) is 1.66. The molecule has 0 aliphatic carbocycles. The summed E-state index contributed by atoms with van der Waals surface area (Å²) in [7, 11) is 0. The average Bonchev–Trinajstić information content (AvgIpc) is 2.39. The van der Waals surface area contributed by atoms with Gasteiger partial charge in [-0.05, 0) is 18.6 Å². The lowest BCUT2D eigenvalue weighted by molar-refractivity contribution is 0.584. The first kappa shape index (κ1) is 11.0. The molecule has 3 rings (SSSR count). The lowest BCUT2D eigenvalue weighted by Gasteiger charge is -2.20. The van der Waals surface area contributed by atoms with Gasteiger partial charge in [0.15, 0.2) is 0 Å². The maximum Gasteiger partial charge on any atom is 0.204 e. The van der Waals surface area contributed by atoms with E-state index >= 15 is 0 Å². The fraction of sp³-hybridized carbons (Fsp3) is 0.231. The highest BCUT2D eigenvalue weighted by atomic mass is 19.1. The quantitative estimate of drug-likeness (QED) is 0.806. The zero-order valence-electron chi connectivity index (χ0n) is 9.78. The monoisotopic (exact) mass is 244 g/mol. The van der Waals surface area contributed by atoms with Crippen molar-refractivity contribution in [2.75, 3.05) is 11.9 Å². The predicted octanol–water partition coefficient (Wildman–Crippen LogP) is 1.98. The minimum atomic E-state index is -0.292. The summed E-state index contributed by atoms with van der Waals surface area (Å²) in [5, 5.41) is 11.1. The second-order valence-corrected chi connectivity index (χ2v) is 4.29. The van der Waals surface area contributed by atoms with Gasteiger partial charge in [-0.2, -0.15) is 0 Å². The summed E-state index contributed by atoms with van der Waals surface area (Å²) >= 11 is 0. The van der Waals surface area contributed by atoms with Crippen LogP contribution in [-0.4, -0.2) is 16.1 Å². The van der Waals surface area contributed by atoms with E-state index in [1.54, 1.807) is 18.2 Å². The minimum absolute atomic E-state index is 0.292. The normalized spacial score (nSPS) is 13.8. The molecular formula is C13H13FN4. The smallest absolute Gasteiger partial charge is 0.204 e. The van der Waals surface area contributed by atoms with Crippen molar-refractivity contribution in [3.8, 4) is 11.3 Å². The molecule has 2 N–H and O–H groups in total. The lowest BCUT2D eigenvalue weighted by atomic mass is 10.1. The number of benzene rings is 1. The van der Waals surface area contributed by atoms with Crippen molar-refractivity contribution < 1.29 is 4.39 Å². The molecule has 0 bridgehead atoms. The zero-order chi connectivity index (χ0) is 12.5. The Labute approximate surface area is 104 Å². The molecule has 4 nitrogen and oxygen atoms in total. The SMILES string of the molecule is N=c1cc(-c2cccc(F)c2)nc2n1CCCN2. The van der Waals surface area contributed by atoms with Gasteiger partial charge in [-0.3, -0.25) is 9.98 Å². The van der Waals surface area contributed by atoms with Crippen LogP contribution in [0.3, 0.4) is 0 Å². The molecule has 2 aromatic rings. The van der Waals surface area contributed by atoms with E-state index in [1.165, 1.54) is 12.1 Å². The highest BCUT2D eigenvalue weighted by Gasteiger charge is 2.11. The average molecular weight is 244 g/mol. The van der Waals surface area contributed by atoms with Crippen molar-refractivity contribution in [2.24, 2.45) is 0 Å². The highest BCUT2D eigenvalue weighted by Crippen LogP contribution is 2.19. The van der Waals surface area contributed by atoms with Crippen molar-refractivity contribution >= 4 is 5.95 Å². The van der Waals surface area contributed by atoms with Crippen molar-refractivity contribution in [3.63, 3.8) is 0 Å². The first-order chi connectivity index (χ1) is 8.74. The van der Waals surface area contributed by atoms with E-state index in [9.17, 15) is 4.39 Å². The summed E-state index contributed by atoms with van der Waals surface area (Å²) in [6, 6.07) is 7.95. The van der Waals surface area contributed by atoms with Crippen LogP contribution in [-0.2, 0) is 6.54 Å². The largest absolute Gasteiger partial charge is 0.356 e. The van der Waals surface area contributed by atoms with Gasteiger partial charge in [0.1, 0.15) is 11.3 Å². The Morgan fingerprint density at radius 3 is 3.06 bits per heavy atom. The molecule has 0 unspecified atom stereocenters. The summed E-state index contributed by atoms with van der Waals surface area (Å²) in [5.41, 5.74) is 1.71. The number of anilines is 1. The molecule has 0 saturated carbocycles. The predicted molar refractivity (Wildman–Crippen MR) is 66.6 cm³/mol. The van der Waals surface area contributed by atoms with Crippen LogP contribution in [0.4, 0.5) is 10.3 Å².